The van der Waals surface area contributed by atoms with Gasteiger partial charge in [-0.15, -0.1) is 0 Å². The lowest BCUT2D eigenvalue weighted by Gasteiger charge is -2.20. The molecule has 0 aliphatic heterocycles. The first-order chi connectivity index (χ1) is 32.0. The predicted molar refractivity (Wildman–Crippen MR) is 282 cm³/mol. The average molecular weight is 911 g/mol. The van der Waals surface area contributed by atoms with E-state index in [-0.39, 0.29) is 18.5 Å². The van der Waals surface area contributed by atoms with Crippen LogP contribution in [0.3, 0.4) is 0 Å². The van der Waals surface area contributed by atoms with Crippen LogP contribution in [0.2, 0.25) is 0 Å². The first-order valence-corrected chi connectivity index (χ1v) is 28.1. The molecule has 2 atom stereocenters. The maximum Gasteiger partial charge on any atom is 0.305 e. The Morgan fingerprint density at radius 2 is 0.800 bits per heavy atom. The molecule has 0 spiro atoms. The summed E-state index contributed by atoms with van der Waals surface area (Å²) in [5.41, 5.74) is 0. The summed E-state index contributed by atoms with van der Waals surface area (Å²) in [6.45, 7) is 4.80. The van der Waals surface area contributed by atoms with Crippen molar-refractivity contribution in [3.63, 3.8) is 0 Å². The van der Waals surface area contributed by atoms with Gasteiger partial charge in [0, 0.05) is 12.8 Å². The molecule has 0 heterocycles. The normalized spacial score (nSPS) is 13.1. The number of unbranched alkanes of at least 4 members (excludes halogenated alkanes) is 32. The third-order valence-electron chi connectivity index (χ3n) is 12.5. The van der Waals surface area contributed by atoms with E-state index in [1.165, 1.54) is 186 Å². The Labute approximate surface area is 403 Å². The van der Waals surface area contributed by atoms with E-state index >= 15 is 0 Å². The quantitative estimate of drug-likeness (QED) is 0.0321. The van der Waals surface area contributed by atoms with E-state index < -0.39 is 12.1 Å². The fourth-order valence-corrected chi connectivity index (χ4v) is 8.17. The molecule has 378 valence electrons. The highest BCUT2D eigenvalue weighted by Gasteiger charge is 2.18. The molecule has 0 aromatic heterocycles. The minimum absolute atomic E-state index is 0.00794. The van der Waals surface area contributed by atoms with E-state index in [0.29, 0.717) is 19.4 Å². The zero-order valence-electron chi connectivity index (χ0n) is 43.0. The lowest BCUT2D eigenvalue weighted by molar-refractivity contribution is -0.143. The Balaban J connectivity index is 3.45. The molecule has 0 saturated heterocycles. The van der Waals surface area contributed by atoms with Crippen molar-refractivity contribution in [2.75, 3.05) is 13.2 Å². The van der Waals surface area contributed by atoms with E-state index in [9.17, 15) is 19.8 Å². The Hall–Kier alpha value is -2.44. The monoisotopic (exact) mass is 910 g/mol. The molecule has 6 nitrogen and oxygen atoms in total. The van der Waals surface area contributed by atoms with Crippen molar-refractivity contribution < 1.29 is 24.5 Å². The lowest BCUT2D eigenvalue weighted by atomic mass is 10.0. The highest BCUT2D eigenvalue weighted by molar-refractivity contribution is 5.76. The van der Waals surface area contributed by atoms with Crippen LogP contribution < -0.4 is 5.32 Å². The Bertz CT molecular complexity index is 1140. The largest absolute Gasteiger partial charge is 0.466 e. The van der Waals surface area contributed by atoms with Crippen molar-refractivity contribution in [2.24, 2.45) is 0 Å². The molecule has 0 fully saturated rings. The van der Waals surface area contributed by atoms with Gasteiger partial charge in [0.1, 0.15) is 0 Å². The van der Waals surface area contributed by atoms with E-state index in [1.54, 1.807) is 6.08 Å². The number of rotatable bonds is 51. The van der Waals surface area contributed by atoms with E-state index in [0.717, 1.165) is 64.2 Å². The number of nitrogens with one attached hydrogen (secondary N) is 1. The molecule has 2 unspecified atom stereocenters. The van der Waals surface area contributed by atoms with Crippen LogP contribution in [0.5, 0.6) is 0 Å². The summed E-state index contributed by atoms with van der Waals surface area (Å²) in [5, 5.41) is 23.0. The fraction of sp³-hybridized carbons (Fsp3) is 0.797. The number of amides is 1. The number of allylic oxidation sites excluding steroid dienone is 9. The van der Waals surface area contributed by atoms with Gasteiger partial charge in [-0.05, 0) is 89.9 Å². The molecule has 0 rings (SSSR count). The van der Waals surface area contributed by atoms with Crippen molar-refractivity contribution in [3.8, 4) is 0 Å². The maximum atomic E-state index is 12.4. The third-order valence-corrected chi connectivity index (χ3v) is 12.5. The van der Waals surface area contributed by atoms with Gasteiger partial charge in [0.2, 0.25) is 5.91 Å². The second-order valence-electron chi connectivity index (χ2n) is 18.9. The van der Waals surface area contributed by atoms with Crippen molar-refractivity contribution in [1.29, 1.82) is 0 Å². The smallest absolute Gasteiger partial charge is 0.305 e. The maximum absolute atomic E-state index is 12.4. The summed E-state index contributed by atoms with van der Waals surface area (Å²) < 4.78 is 5.46. The second kappa shape index (κ2) is 54.2. The van der Waals surface area contributed by atoms with Crippen LogP contribution in [-0.4, -0.2) is 47.4 Å². The standard InChI is InChI=1S/C59H107NO5/c1-3-5-7-9-11-13-15-29-33-37-41-45-49-53-59(64)65-54-50-46-42-38-34-31-28-26-24-22-20-18-16-17-19-21-23-25-27-30-32-36-40-44-48-52-58(63)60-56(55-61)57(62)51-47-43-39-35-14-12-10-8-6-4-2/h7,9,13,15,17-20,47,51,56-57,61-62H,3-6,8,10-12,14,16,21-46,48-50,52-55H2,1-2H3,(H,60,63)/b9-7-,15-13-,19-17-,20-18-,51-47+. The number of carbonyl (C=O) groups excluding carboxylic acids is 2. The minimum Gasteiger partial charge on any atom is -0.466 e. The summed E-state index contributed by atoms with van der Waals surface area (Å²) in [5.74, 6) is -0.0854. The number of hydrogen-bond donors (Lipinski definition) is 3. The summed E-state index contributed by atoms with van der Waals surface area (Å²) in [6, 6.07) is -0.632. The van der Waals surface area contributed by atoms with Gasteiger partial charge in [0.15, 0.2) is 0 Å². The third kappa shape index (κ3) is 50.8. The molecular weight excluding hydrogens is 803 g/mol. The second-order valence-corrected chi connectivity index (χ2v) is 18.9. The number of esters is 1. The van der Waals surface area contributed by atoms with Gasteiger partial charge in [0.05, 0.1) is 25.4 Å². The fourth-order valence-electron chi connectivity index (χ4n) is 8.17. The van der Waals surface area contributed by atoms with Crippen molar-refractivity contribution >= 4 is 11.9 Å². The Kier molecular flexibility index (Phi) is 52.1. The molecule has 0 saturated carbocycles. The first kappa shape index (κ1) is 62.6. The van der Waals surface area contributed by atoms with E-state index in [4.69, 9.17) is 4.74 Å². The molecule has 0 aromatic carbocycles. The molecular formula is C59H107NO5. The molecule has 0 radical (unpaired) electrons. The number of hydrogen-bond acceptors (Lipinski definition) is 5. The van der Waals surface area contributed by atoms with E-state index in [2.05, 4.69) is 67.8 Å². The van der Waals surface area contributed by atoms with Gasteiger partial charge in [-0.2, -0.15) is 0 Å². The number of ether oxygens (including phenoxy) is 1. The molecule has 6 heteroatoms. The molecule has 0 aromatic rings. The van der Waals surface area contributed by atoms with Crippen LogP contribution in [0.25, 0.3) is 0 Å². The number of carbonyl (C=O) groups is 2. The molecule has 0 aliphatic carbocycles. The molecule has 3 N–H and O–H groups in total. The Morgan fingerprint density at radius 3 is 1.23 bits per heavy atom. The van der Waals surface area contributed by atoms with Crippen molar-refractivity contribution in [2.45, 2.75) is 289 Å². The molecule has 65 heavy (non-hydrogen) atoms. The zero-order chi connectivity index (χ0) is 47.2. The van der Waals surface area contributed by atoms with Gasteiger partial charge in [0.25, 0.3) is 0 Å². The lowest BCUT2D eigenvalue weighted by Crippen LogP contribution is -2.45. The topological polar surface area (TPSA) is 95.9 Å². The van der Waals surface area contributed by atoms with Gasteiger partial charge >= 0.3 is 5.97 Å². The molecule has 1 amide bonds. The van der Waals surface area contributed by atoms with Gasteiger partial charge in [-0.1, -0.05) is 235 Å². The Morgan fingerprint density at radius 1 is 0.431 bits per heavy atom. The van der Waals surface area contributed by atoms with Crippen LogP contribution in [0.1, 0.15) is 277 Å². The number of aliphatic hydroxyl groups is 2. The highest BCUT2D eigenvalue weighted by atomic mass is 16.5. The van der Waals surface area contributed by atoms with Crippen molar-refractivity contribution in [3.05, 3.63) is 60.8 Å². The molecule has 0 bridgehead atoms. The van der Waals surface area contributed by atoms with Gasteiger partial charge in [-0.3, -0.25) is 9.59 Å². The van der Waals surface area contributed by atoms with Gasteiger partial charge in [-0.25, -0.2) is 0 Å². The first-order valence-electron chi connectivity index (χ1n) is 28.1. The minimum atomic E-state index is -0.847. The van der Waals surface area contributed by atoms with Crippen LogP contribution in [0.4, 0.5) is 0 Å². The van der Waals surface area contributed by atoms with Gasteiger partial charge < -0.3 is 20.3 Å². The summed E-state index contributed by atoms with van der Waals surface area (Å²) >= 11 is 0. The van der Waals surface area contributed by atoms with Crippen LogP contribution in [0, 0.1) is 0 Å². The average Bonchev–Trinajstić information content (AvgIpc) is 3.31. The highest BCUT2D eigenvalue weighted by Crippen LogP contribution is 2.15. The summed E-state index contributed by atoms with van der Waals surface area (Å²) in [7, 11) is 0. The predicted octanol–water partition coefficient (Wildman–Crippen LogP) is 17.2. The van der Waals surface area contributed by atoms with Crippen LogP contribution >= 0.6 is 0 Å². The summed E-state index contributed by atoms with van der Waals surface area (Å²) in [4.78, 5) is 24.4. The zero-order valence-corrected chi connectivity index (χ0v) is 43.0. The summed E-state index contributed by atoms with van der Waals surface area (Å²) in [6.07, 6.45) is 69.6. The van der Waals surface area contributed by atoms with Crippen LogP contribution in [-0.2, 0) is 14.3 Å². The van der Waals surface area contributed by atoms with E-state index in [1.807, 2.05) is 6.08 Å². The van der Waals surface area contributed by atoms with Crippen LogP contribution in [0.15, 0.2) is 60.8 Å². The van der Waals surface area contributed by atoms with Crippen molar-refractivity contribution in [1.82, 2.24) is 5.32 Å². The number of aliphatic hydroxyl groups excluding tert-OH is 2. The molecule has 0 aliphatic rings. The SMILES string of the molecule is CCC/C=C\C/C=C\CCCCCCCC(=O)OCCCCCCCCCCC/C=C\C/C=C\CCCCCCCCCCCC(=O)NC(CO)C(O)/C=C/CCCCCCCCCC.